The molecule has 0 rings (SSSR count). The van der Waals surface area contributed by atoms with Gasteiger partial charge in [-0.05, 0) is 13.1 Å². The Bertz CT molecular complexity index is 136. The van der Waals surface area contributed by atoms with E-state index >= 15 is 0 Å². The third-order valence-electron chi connectivity index (χ3n) is 0.747. The first-order chi connectivity index (χ1) is 6.95. The molecule has 0 saturated carbocycles. The predicted octanol–water partition coefficient (Wildman–Crippen LogP) is -0.463. The van der Waals surface area contributed by atoms with Gasteiger partial charge < -0.3 is 36.7 Å². The summed E-state index contributed by atoms with van der Waals surface area (Å²) >= 11 is 6.31. The second kappa shape index (κ2) is 30.6. The minimum absolute atomic E-state index is 0. The normalized spacial score (nSPS) is 10.5. The Hall–Kier alpha value is 1.69. The zero-order valence-electron chi connectivity index (χ0n) is 9.58. The summed E-state index contributed by atoms with van der Waals surface area (Å²) in [5.74, 6) is 0. The Labute approximate surface area is 140 Å². The SMILES string of the molecule is CC([S-])CN.CC([S-])CN.Cl.Cl.[O]=[Ge][O][Ge]=[O]. The van der Waals surface area contributed by atoms with Gasteiger partial charge in [0.1, 0.15) is 0 Å². The Kier molecular flexibility index (Phi) is 56.2. The summed E-state index contributed by atoms with van der Waals surface area (Å²) in [4.78, 5) is 0. The fourth-order valence-corrected chi connectivity index (χ4v) is 0.459. The van der Waals surface area contributed by atoms with E-state index in [1.807, 2.05) is 13.8 Å². The maximum atomic E-state index is 9.26. The average molecular weight is 446 g/mol. The molecule has 2 atom stereocenters. The van der Waals surface area contributed by atoms with E-state index in [4.69, 9.17) is 11.5 Å². The molecule has 106 valence electrons. The first-order valence-corrected chi connectivity index (χ1v) is 8.44. The van der Waals surface area contributed by atoms with Gasteiger partial charge in [0.05, 0.1) is 0 Å². The molecule has 0 aliphatic carbocycles. The minimum atomic E-state index is -1.50. The van der Waals surface area contributed by atoms with Crippen molar-refractivity contribution in [3.8, 4) is 0 Å². The molecule has 0 aromatic heterocycles. The summed E-state index contributed by atoms with van der Waals surface area (Å²) in [7, 11) is 0. The molecule has 0 spiro atoms. The molecular weight excluding hydrogens is 428 g/mol. The Morgan fingerprint density at radius 3 is 1.18 bits per heavy atom. The van der Waals surface area contributed by atoms with Gasteiger partial charge in [-0.3, -0.25) is 0 Å². The van der Waals surface area contributed by atoms with Gasteiger partial charge in [-0.1, -0.05) is 13.8 Å². The van der Waals surface area contributed by atoms with Crippen LogP contribution in [0.2, 0.25) is 0 Å². The molecule has 0 aromatic carbocycles. The number of hydrogen-bond donors (Lipinski definition) is 2. The fourth-order valence-electron chi connectivity index (χ4n) is 0.0170. The van der Waals surface area contributed by atoms with Crippen LogP contribution in [0.1, 0.15) is 13.8 Å². The second-order valence-corrected chi connectivity index (χ2v) is 7.32. The molecule has 0 saturated heterocycles. The molecule has 11 heteroatoms. The summed E-state index contributed by atoms with van der Waals surface area (Å²) in [6.07, 6.45) is 0. The Morgan fingerprint density at radius 1 is 1.00 bits per heavy atom. The molecule has 0 aliphatic rings. The summed E-state index contributed by atoms with van der Waals surface area (Å²) in [6, 6.07) is 0. The van der Waals surface area contributed by atoms with Crippen LogP contribution >= 0.6 is 24.8 Å². The standard InChI is InChI=1S/2C3H9NS.2ClH.Ge2O3/c2*1-3(5)2-4;;;3-1-5-2-4/h2*3,5H,2,4H2,1H3;2*1H;/p-2. The van der Waals surface area contributed by atoms with Crippen molar-refractivity contribution in [2.24, 2.45) is 11.5 Å². The number of hydrogen-bond acceptors (Lipinski definition) is 7. The van der Waals surface area contributed by atoms with Crippen molar-refractivity contribution in [3.05, 3.63) is 0 Å². The van der Waals surface area contributed by atoms with Crippen LogP contribution in [-0.4, -0.2) is 55.0 Å². The molecule has 4 N–H and O–H groups in total. The van der Waals surface area contributed by atoms with Crippen LogP contribution < -0.4 is 11.5 Å². The zero-order chi connectivity index (χ0) is 12.7. The van der Waals surface area contributed by atoms with Crippen molar-refractivity contribution in [2.75, 3.05) is 13.1 Å². The van der Waals surface area contributed by atoms with E-state index in [0.29, 0.717) is 13.1 Å². The summed E-state index contributed by atoms with van der Waals surface area (Å²) in [5, 5.41) is 0.491. The van der Waals surface area contributed by atoms with Crippen molar-refractivity contribution >= 4 is 81.5 Å². The van der Waals surface area contributed by atoms with E-state index < -0.39 is 31.4 Å². The molecule has 0 aliphatic heterocycles. The first kappa shape index (κ1) is 31.2. The van der Waals surface area contributed by atoms with Crippen LogP contribution in [0.4, 0.5) is 0 Å². The van der Waals surface area contributed by atoms with Gasteiger partial charge in [-0.15, -0.1) is 24.8 Å². The van der Waals surface area contributed by atoms with Crippen molar-refractivity contribution in [3.63, 3.8) is 0 Å². The molecule has 0 aromatic rings. The molecular formula is C6H18Cl2Ge2N2O3S2-2. The molecule has 0 bridgehead atoms. The van der Waals surface area contributed by atoms with E-state index in [2.05, 4.69) is 28.0 Å². The van der Waals surface area contributed by atoms with Crippen LogP contribution in [0, 0.1) is 0 Å². The van der Waals surface area contributed by atoms with Gasteiger partial charge >= 0.3 is 41.8 Å². The van der Waals surface area contributed by atoms with Crippen molar-refractivity contribution in [1.29, 1.82) is 0 Å². The molecule has 17 heavy (non-hydrogen) atoms. The van der Waals surface area contributed by atoms with E-state index in [1.165, 1.54) is 0 Å². The van der Waals surface area contributed by atoms with Crippen LogP contribution in [0.5, 0.6) is 0 Å². The van der Waals surface area contributed by atoms with E-state index in [1.54, 1.807) is 0 Å². The van der Waals surface area contributed by atoms with Gasteiger partial charge in [0.15, 0.2) is 0 Å². The molecule has 5 nitrogen and oxygen atoms in total. The average Bonchev–Trinajstić information content (AvgIpc) is 2.20. The van der Waals surface area contributed by atoms with Crippen LogP contribution in [-0.2, 0) is 35.6 Å². The van der Waals surface area contributed by atoms with Crippen LogP contribution in [0.25, 0.3) is 0 Å². The first-order valence-electron chi connectivity index (χ1n) is 4.08. The van der Waals surface area contributed by atoms with Gasteiger partial charge in [0.2, 0.25) is 0 Å². The van der Waals surface area contributed by atoms with Gasteiger partial charge in [0, 0.05) is 0 Å². The summed E-state index contributed by atoms with van der Waals surface area (Å²) in [6.45, 7) is 5.06. The third kappa shape index (κ3) is 73.7. The Balaban J connectivity index is -0.0000000400. The number of nitrogens with two attached hydrogens (primary N) is 2. The molecule has 2 radical (unpaired) electrons. The zero-order valence-corrected chi connectivity index (χ0v) is 17.0. The summed E-state index contributed by atoms with van der Waals surface area (Å²) in [5.41, 5.74) is 10.1. The second-order valence-electron chi connectivity index (χ2n) is 2.36. The van der Waals surface area contributed by atoms with Gasteiger partial charge in [-0.25, -0.2) is 0 Å². The van der Waals surface area contributed by atoms with Crippen LogP contribution in [0.15, 0.2) is 0 Å². The Morgan fingerprint density at radius 2 is 1.18 bits per heavy atom. The quantitative estimate of drug-likeness (QED) is 0.446. The van der Waals surface area contributed by atoms with E-state index in [9.17, 15) is 7.56 Å². The van der Waals surface area contributed by atoms with Gasteiger partial charge in [-0.2, -0.15) is 10.5 Å². The van der Waals surface area contributed by atoms with Crippen LogP contribution in [0.3, 0.4) is 0 Å². The molecule has 0 amide bonds. The molecule has 2 unspecified atom stereocenters. The predicted molar refractivity (Wildman–Crippen MR) is 80.2 cm³/mol. The monoisotopic (exact) mass is 448 g/mol. The molecule has 0 heterocycles. The van der Waals surface area contributed by atoms with Crippen molar-refractivity contribution in [2.45, 2.75) is 24.3 Å². The van der Waals surface area contributed by atoms with E-state index in [-0.39, 0.29) is 35.3 Å². The summed E-state index contributed by atoms with van der Waals surface area (Å²) < 4.78 is 22.5. The molecule has 0 fully saturated rings. The topological polar surface area (TPSA) is 95.4 Å². The number of rotatable bonds is 4. The third-order valence-corrected chi connectivity index (χ3v) is 3.30. The van der Waals surface area contributed by atoms with E-state index in [0.717, 1.165) is 0 Å². The fraction of sp³-hybridized carbons (Fsp3) is 1.00. The number of halogens is 2. The van der Waals surface area contributed by atoms with Crippen molar-refractivity contribution < 1.29 is 10.3 Å². The maximum absolute atomic E-state index is 9.26. The van der Waals surface area contributed by atoms with Gasteiger partial charge in [0.25, 0.3) is 0 Å². The van der Waals surface area contributed by atoms with Crippen molar-refractivity contribution in [1.82, 2.24) is 0 Å².